The zero-order valence-corrected chi connectivity index (χ0v) is 38.4. The van der Waals surface area contributed by atoms with Crippen LogP contribution in [0.3, 0.4) is 0 Å². The zero-order valence-electron chi connectivity index (χ0n) is 38.4. The van der Waals surface area contributed by atoms with Crippen molar-refractivity contribution in [2.45, 2.75) is 172 Å². The maximum Gasteiger partial charge on any atom is 0.407 e. The molecule has 0 saturated carbocycles. The first-order valence-electron chi connectivity index (χ1n) is 21.5. The highest BCUT2D eigenvalue weighted by molar-refractivity contribution is 5.66. The lowest BCUT2D eigenvalue weighted by atomic mass is 10.1. The van der Waals surface area contributed by atoms with Crippen LogP contribution in [0.4, 0.5) is 4.79 Å². The zero-order chi connectivity index (χ0) is 44.4. The molecular weight excluding hydrogens is 724 g/mol. The Morgan fingerprint density at radius 2 is 0.982 bits per heavy atom. The number of rotatable bonds is 29. The number of alkyl carbamates (subject to hydrolysis) is 1. The van der Waals surface area contributed by atoms with E-state index in [0.29, 0.717) is 39.6 Å². The number of likely N-dealkylation sites (N-methyl/N-ethyl adjacent to an activating group) is 1. The summed E-state index contributed by atoms with van der Waals surface area (Å²) in [6.07, 6.45) is 10.2. The maximum atomic E-state index is 10.5. The molecule has 0 spiro atoms. The number of amides is 1. The number of nitrogens with one attached hydrogen (secondary N) is 2. The number of carbonyl (C=O) groups is 1. The predicted octanol–water partition coefficient (Wildman–Crippen LogP) is 7.35. The third kappa shape index (κ3) is 98.9. The molecule has 0 radical (unpaired) electrons. The second-order valence-electron chi connectivity index (χ2n) is 11.8. The summed E-state index contributed by atoms with van der Waals surface area (Å²) in [6.45, 7) is 34.7. The van der Waals surface area contributed by atoms with Crippen molar-refractivity contribution in [1.82, 2.24) is 10.6 Å². The van der Waals surface area contributed by atoms with Crippen molar-refractivity contribution >= 4 is 12.2 Å². The van der Waals surface area contributed by atoms with E-state index in [-0.39, 0.29) is 30.6 Å². The van der Waals surface area contributed by atoms with Crippen LogP contribution in [-0.2, 0) is 38.0 Å². The molecule has 0 heterocycles. The number of aliphatic hydroxyl groups excluding tert-OH is 3. The monoisotopic (exact) mass is 819 g/mol. The minimum Gasteiger partial charge on any atom is -0.450 e. The van der Waals surface area contributed by atoms with Gasteiger partial charge >= 0.3 is 12.2 Å². The highest BCUT2D eigenvalue weighted by Gasteiger charge is 2.02. The van der Waals surface area contributed by atoms with Gasteiger partial charge in [0.1, 0.15) is 0 Å². The van der Waals surface area contributed by atoms with E-state index in [1.54, 1.807) is 0 Å². The number of hydrogen-bond donors (Lipinski definition) is 5. The molecule has 56 heavy (non-hydrogen) atoms. The van der Waals surface area contributed by atoms with Gasteiger partial charge < -0.3 is 54.4 Å². The van der Waals surface area contributed by atoms with Gasteiger partial charge in [0.15, 0.2) is 0 Å². The fraction of sp³-hybridized carbons (Fsp3) is 0.952. The minimum absolute atomic E-state index is 0.100. The van der Waals surface area contributed by atoms with E-state index in [1.165, 1.54) is 0 Å². The minimum atomic E-state index is -0.320. The Bertz CT molecular complexity index is 643. The van der Waals surface area contributed by atoms with Crippen LogP contribution in [0, 0.1) is 0 Å². The second-order valence-corrected chi connectivity index (χ2v) is 11.8. The van der Waals surface area contributed by atoms with Crippen molar-refractivity contribution in [3.63, 3.8) is 0 Å². The first-order valence-corrected chi connectivity index (χ1v) is 21.5. The number of unbranched alkanes of at least 4 members (excludes halogenated alkanes) is 2. The summed E-state index contributed by atoms with van der Waals surface area (Å²) in [7, 11) is 0. The molecule has 0 bridgehead atoms. The third-order valence-electron chi connectivity index (χ3n) is 6.48. The molecule has 3 unspecified atom stereocenters. The van der Waals surface area contributed by atoms with Gasteiger partial charge in [-0.05, 0) is 99.5 Å². The first kappa shape index (κ1) is 68.9. The van der Waals surface area contributed by atoms with Crippen molar-refractivity contribution in [3.8, 4) is 0 Å². The van der Waals surface area contributed by atoms with E-state index in [2.05, 4.69) is 43.1 Å². The lowest BCUT2D eigenvalue weighted by Gasteiger charge is -2.08. The topological polar surface area (TPSA) is 191 Å². The molecule has 0 aliphatic rings. The van der Waals surface area contributed by atoms with Crippen LogP contribution < -0.4 is 10.6 Å². The lowest BCUT2D eigenvalue weighted by molar-refractivity contribution is -0.191. The summed E-state index contributed by atoms with van der Waals surface area (Å²) in [5, 5.41) is 33.1. The highest BCUT2D eigenvalue weighted by atomic mass is 16.5. The molecule has 0 rings (SSSR count). The van der Waals surface area contributed by atoms with Gasteiger partial charge in [-0.1, -0.05) is 60.8 Å². The van der Waals surface area contributed by atoms with E-state index in [0.717, 1.165) is 123 Å². The average Bonchev–Trinajstić information content (AvgIpc) is 3.20. The summed E-state index contributed by atoms with van der Waals surface area (Å²) < 4.78 is 29.9. The van der Waals surface area contributed by atoms with Crippen LogP contribution in [0.25, 0.3) is 0 Å². The Hall–Kier alpha value is -1.71. The molecule has 5 N–H and O–H groups in total. The van der Waals surface area contributed by atoms with Crippen LogP contribution in [-0.4, -0.2) is 138 Å². The Morgan fingerprint density at radius 3 is 1.38 bits per heavy atom. The fourth-order valence-electron chi connectivity index (χ4n) is 3.52. The molecule has 14 heteroatoms. The Labute approximate surface area is 344 Å². The fourth-order valence-corrected chi connectivity index (χ4v) is 3.52. The molecule has 0 aliphatic carbocycles. The smallest absolute Gasteiger partial charge is 0.407 e. The summed E-state index contributed by atoms with van der Waals surface area (Å²) in [5.74, 6) is 0. The van der Waals surface area contributed by atoms with E-state index in [1.807, 2.05) is 55.4 Å². The van der Waals surface area contributed by atoms with Gasteiger partial charge in [0, 0.05) is 59.3 Å². The van der Waals surface area contributed by atoms with Gasteiger partial charge in [-0.15, -0.1) is 0 Å². The second kappa shape index (κ2) is 74.3. The van der Waals surface area contributed by atoms with Crippen molar-refractivity contribution in [3.05, 3.63) is 0 Å². The van der Waals surface area contributed by atoms with Gasteiger partial charge in [0.2, 0.25) is 0 Å². The molecular formula is C42H94N2O12. The predicted molar refractivity (Wildman–Crippen MR) is 228 cm³/mol. The quantitative estimate of drug-likeness (QED) is 0.0472. The summed E-state index contributed by atoms with van der Waals surface area (Å²) >= 11 is 0. The van der Waals surface area contributed by atoms with Gasteiger partial charge in [0.05, 0.1) is 44.7 Å². The normalized spacial score (nSPS) is 11.1. The van der Waals surface area contributed by atoms with E-state index < -0.39 is 0 Å². The molecule has 0 aliphatic heterocycles. The first-order chi connectivity index (χ1) is 27.0. The number of carbonyl (C=O) groups excluding carboxylic acids is 3. The number of ether oxygens (including phenoxy) is 6. The third-order valence-corrected chi connectivity index (χ3v) is 6.48. The standard InChI is InChI=1S/C9H20O2.C8H18O2.C7H16O2.C6H13NO2.C6H15NO.C5H12O.CO2/c1-3-9(10)7-5-6-8-11-4-2;1-3-5-6-8(9)7-10-4-2;1-3-5-7(8)6-9-4-2;1-3-5-9-6(8)7-4-2;1-3-7-5-6-8-4-2;1-3-5-6-4-2;2-1-3/h9-10H,3-8H2,1-2H3;8-9H,3-7H2,1-2H3;7-8H,3-6H2,1-2H3;3-5H2,1-2H3,(H,7,8);7H,3-6H2,1-2H3;3-5H2,1-2H3;. The molecule has 1 amide bonds. The van der Waals surface area contributed by atoms with E-state index >= 15 is 0 Å². The molecule has 344 valence electrons. The summed E-state index contributed by atoms with van der Waals surface area (Å²) in [6, 6.07) is 0. The Morgan fingerprint density at radius 1 is 0.518 bits per heavy atom. The van der Waals surface area contributed by atoms with Crippen molar-refractivity contribution in [1.29, 1.82) is 0 Å². The van der Waals surface area contributed by atoms with Gasteiger partial charge in [-0.3, -0.25) is 0 Å². The molecule has 0 aromatic heterocycles. The molecule has 0 fully saturated rings. The van der Waals surface area contributed by atoms with Crippen LogP contribution in [0.15, 0.2) is 0 Å². The molecule has 14 nitrogen and oxygen atoms in total. The Kier molecular flexibility index (Phi) is 91.4. The van der Waals surface area contributed by atoms with Crippen LogP contribution in [0.5, 0.6) is 0 Å². The SMILES string of the molecule is CCCC(O)COCC.CCCCC(O)COCC.CCCOC(=O)NCC.CCCOCC.CCNCCOCC.CCOCCCCC(O)CC.O=C=O. The molecule has 3 atom stereocenters. The average molecular weight is 819 g/mol. The molecule has 0 aromatic rings. The Balaban J connectivity index is -0.000000102. The molecule has 0 saturated heterocycles. The summed E-state index contributed by atoms with van der Waals surface area (Å²) in [5.41, 5.74) is 0. The van der Waals surface area contributed by atoms with Crippen LogP contribution >= 0.6 is 0 Å². The van der Waals surface area contributed by atoms with Crippen molar-refractivity contribution in [2.75, 3.05) is 92.3 Å². The van der Waals surface area contributed by atoms with E-state index in [9.17, 15) is 15.0 Å². The number of hydrogen-bond acceptors (Lipinski definition) is 13. The van der Waals surface area contributed by atoms with Gasteiger partial charge in [-0.2, -0.15) is 9.59 Å². The summed E-state index contributed by atoms with van der Waals surface area (Å²) in [4.78, 5) is 26.7. The van der Waals surface area contributed by atoms with Crippen LogP contribution in [0.1, 0.15) is 154 Å². The van der Waals surface area contributed by atoms with E-state index in [4.69, 9.17) is 38.4 Å². The maximum absolute atomic E-state index is 10.5. The van der Waals surface area contributed by atoms with Gasteiger partial charge in [0.25, 0.3) is 0 Å². The highest BCUT2D eigenvalue weighted by Crippen LogP contribution is 2.03. The lowest BCUT2D eigenvalue weighted by Crippen LogP contribution is -2.23. The van der Waals surface area contributed by atoms with Crippen molar-refractivity contribution < 1.29 is 58.1 Å². The van der Waals surface area contributed by atoms with Crippen molar-refractivity contribution in [2.24, 2.45) is 0 Å². The van der Waals surface area contributed by atoms with Gasteiger partial charge in [-0.25, -0.2) is 4.79 Å². The largest absolute Gasteiger partial charge is 0.450 e. The molecule has 0 aromatic carbocycles. The number of aliphatic hydroxyl groups is 3. The van der Waals surface area contributed by atoms with Crippen LogP contribution in [0.2, 0.25) is 0 Å².